The van der Waals surface area contributed by atoms with E-state index in [9.17, 15) is 5.11 Å². The molecule has 0 radical (unpaired) electrons. The first-order valence-corrected chi connectivity index (χ1v) is 7.14. The van der Waals surface area contributed by atoms with Gasteiger partial charge in [-0.05, 0) is 39.5 Å². The van der Waals surface area contributed by atoms with Crippen molar-refractivity contribution in [3.05, 3.63) is 43.0 Å². The van der Waals surface area contributed by atoms with E-state index < -0.39 is 0 Å². The van der Waals surface area contributed by atoms with Crippen LogP contribution in [0.25, 0.3) is 0 Å². The third-order valence-electron chi connectivity index (χ3n) is 2.16. The maximum absolute atomic E-state index is 9.43. The maximum Gasteiger partial charge on any atom is 0.152 e. The molecule has 0 unspecified atom stereocenters. The summed E-state index contributed by atoms with van der Waals surface area (Å²) in [5, 5.41) is 15.1. The molecule has 2 nitrogen and oxygen atoms in total. The molecule has 90 valence electrons. The Morgan fingerprint density at radius 3 is 2.47 bits per heavy atom. The number of benzene rings is 1. The van der Waals surface area contributed by atoms with Gasteiger partial charge in [0.15, 0.2) is 5.75 Å². The number of aromatic hydroxyl groups is 1. The monoisotopic (exact) mass is 351 g/mol. The van der Waals surface area contributed by atoms with Crippen molar-refractivity contribution in [1.29, 1.82) is 0 Å². The molecule has 17 heavy (non-hydrogen) atoms. The molecule has 0 saturated carbocycles. The molecule has 0 amide bonds. The lowest BCUT2D eigenvalue weighted by atomic mass is 10.3. The summed E-state index contributed by atoms with van der Waals surface area (Å²) in [6.07, 6.45) is 0. The molecule has 6 heteroatoms. The fraction of sp³-hybridized carbons (Fsp3) is 0.0909. The van der Waals surface area contributed by atoms with E-state index in [0.717, 1.165) is 10.2 Å². The Morgan fingerprint density at radius 2 is 1.94 bits per heavy atom. The van der Waals surface area contributed by atoms with Crippen molar-refractivity contribution in [1.82, 2.24) is 0 Å². The lowest BCUT2D eigenvalue weighted by Gasteiger charge is -2.08. The first-order chi connectivity index (χ1) is 8.08. The molecule has 0 atom stereocenters. The number of phenolic OH excluding ortho intramolecular Hbond substituents is 1. The smallest absolute Gasteiger partial charge is 0.152 e. The Kier molecular flexibility index (Phi) is 4.20. The third-order valence-corrected chi connectivity index (χ3v) is 4.66. The summed E-state index contributed by atoms with van der Waals surface area (Å²) >= 11 is 16.8. The van der Waals surface area contributed by atoms with E-state index >= 15 is 0 Å². The molecular formula is C11H8BrCl2NOS. The Hall–Kier alpha value is -0.420. The molecule has 0 aliphatic carbocycles. The average molecular weight is 353 g/mol. The summed E-state index contributed by atoms with van der Waals surface area (Å²) in [7, 11) is 0. The van der Waals surface area contributed by atoms with Gasteiger partial charge in [-0.3, -0.25) is 0 Å². The van der Waals surface area contributed by atoms with E-state index in [-0.39, 0.29) is 15.8 Å². The van der Waals surface area contributed by atoms with Gasteiger partial charge in [0.2, 0.25) is 0 Å². The Labute approximate surface area is 121 Å². The number of nitrogens with one attached hydrogen (secondary N) is 1. The normalized spacial score (nSPS) is 10.5. The molecule has 1 heterocycles. The molecule has 2 aromatic rings. The van der Waals surface area contributed by atoms with Crippen LogP contribution in [-0.4, -0.2) is 5.11 Å². The van der Waals surface area contributed by atoms with Gasteiger partial charge < -0.3 is 10.4 Å². The van der Waals surface area contributed by atoms with Crippen molar-refractivity contribution in [2.45, 2.75) is 6.54 Å². The fourth-order valence-corrected chi connectivity index (χ4v) is 3.22. The van der Waals surface area contributed by atoms with Gasteiger partial charge in [0.1, 0.15) is 0 Å². The predicted octanol–water partition coefficient (Wildman–Crippen LogP) is 5.14. The predicted molar refractivity (Wildman–Crippen MR) is 77.5 cm³/mol. The second kappa shape index (κ2) is 5.48. The maximum atomic E-state index is 9.43. The molecule has 0 aliphatic heterocycles. The van der Waals surface area contributed by atoms with Gasteiger partial charge in [-0.15, -0.1) is 11.3 Å². The van der Waals surface area contributed by atoms with Gasteiger partial charge in [-0.1, -0.05) is 23.2 Å². The van der Waals surface area contributed by atoms with Crippen LogP contribution in [0.2, 0.25) is 10.0 Å². The van der Waals surface area contributed by atoms with Gasteiger partial charge in [0, 0.05) is 15.0 Å². The molecule has 2 rings (SSSR count). The van der Waals surface area contributed by atoms with Crippen molar-refractivity contribution >= 4 is 56.2 Å². The highest BCUT2D eigenvalue weighted by atomic mass is 79.9. The van der Waals surface area contributed by atoms with Crippen LogP contribution in [0.15, 0.2) is 28.1 Å². The largest absolute Gasteiger partial charge is 0.505 e. The standard InChI is InChI=1S/C11H8BrCl2NOS/c12-7-1-2-17-10(7)5-15-6-3-8(13)11(16)9(14)4-6/h1-4,15-16H,5H2. The van der Waals surface area contributed by atoms with E-state index in [4.69, 9.17) is 23.2 Å². The van der Waals surface area contributed by atoms with E-state index in [2.05, 4.69) is 21.2 Å². The minimum absolute atomic E-state index is 0.0869. The lowest BCUT2D eigenvalue weighted by Crippen LogP contribution is -1.97. The van der Waals surface area contributed by atoms with Gasteiger partial charge in [0.25, 0.3) is 0 Å². The van der Waals surface area contributed by atoms with Crippen LogP contribution in [-0.2, 0) is 6.54 Å². The van der Waals surface area contributed by atoms with Gasteiger partial charge in [-0.2, -0.15) is 0 Å². The topological polar surface area (TPSA) is 32.3 Å². The number of halogens is 3. The first-order valence-electron chi connectivity index (χ1n) is 4.71. The molecule has 0 saturated heterocycles. The third kappa shape index (κ3) is 3.07. The van der Waals surface area contributed by atoms with Crippen molar-refractivity contribution in [3.8, 4) is 5.75 Å². The molecule has 0 spiro atoms. The minimum Gasteiger partial charge on any atom is -0.505 e. The van der Waals surface area contributed by atoms with Crippen LogP contribution in [0.4, 0.5) is 5.69 Å². The number of hydrogen-bond donors (Lipinski definition) is 2. The van der Waals surface area contributed by atoms with Crippen molar-refractivity contribution in [2.75, 3.05) is 5.32 Å². The van der Waals surface area contributed by atoms with Crippen molar-refractivity contribution in [3.63, 3.8) is 0 Å². The zero-order valence-electron chi connectivity index (χ0n) is 8.51. The summed E-state index contributed by atoms with van der Waals surface area (Å²) in [5.41, 5.74) is 0.776. The fourth-order valence-electron chi connectivity index (χ4n) is 1.30. The summed E-state index contributed by atoms with van der Waals surface area (Å²) < 4.78 is 1.07. The number of hydrogen-bond acceptors (Lipinski definition) is 3. The summed E-state index contributed by atoms with van der Waals surface area (Å²) in [4.78, 5) is 1.19. The van der Waals surface area contributed by atoms with E-state index in [0.29, 0.717) is 6.54 Å². The number of anilines is 1. The van der Waals surface area contributed by atoms with E-state index in [1.165, 1.54) is 4.88 Å². The van der Waals surface area contributed by atoms with Crippen molar-refractivity contribution in [2.24, 2.45) is 0 Å². The van der Waals surface area contributed by atoms with Gasteiger partial charge >= 0.3 is 0 Å². The molecule has 1 aromatic carbocycles. The average Bonchev–Trinajstić information content (AvgIpc) is 2.69. The number of thiophene rings is 1. The Bertz CT molecular complexity index is 521. The summed E-state index contributed by atoms with van der Waals surface area (Å²) in [5.74, 6) is -0.0869. The Morgan fingerprint density at radius 1 is 1.29 bits per heavy atom. The van der Waals surface area contributed by atoms with Crippen LogP contribution < -0.4 is 5.32 Å². The highest BCUT2D eigenvalue weighted by molar-refractivity contribution is 9.10. The van der Waals surface area contributed by atoms with E-state index in [1.807, 2.05) is 11.4 Å². The second-order valence-electron chi connectivity index (χ2n) is 3.33. The highest BCUT2D eigenvalue weighted by Crippen LogP contribution is 2.35. The zero-order valence-corrected chi connectivity index (χ0v) is 12.4. The Balaban J connectivity index is 2.12. The zero-order chi connectivity index (χ0) is 12.4. The quantitative estimate of drug-likeness (QED) is 0.750. The van der Waals surface area contributed by atoms with Gasteiger partial charge in [0.05, 0.1) is 16.6 Å². The molecule has 1 aromatic heterocycles. The second-order valence-corrected chi connectivity index (χ2v) is 6.00. The molecular weight excluding hydrogens is 345 g/mol. The lowest BCUT2D eigenvalue weighted by molar-refractivity contribution is 0.476. The van der Waals surface area contributed by atoms with Crippen LogP contribution >= 0.6 is 50.5 Å². The van der Waals surface area contributed by atoms with Crippen LogP contribution in [0.5, 0.6) is 5.75 Å². The van der Waals surface area contributed by atoms with Crippen LogP contribution in [0, 0.1) is 0 Å². The van der Waals surface area contributed by atoms with E-state index in [1.54, 1.807) is 23.5 Å². The molecule has 0 fully saturated rings. The molecule has 0 bridgehead atoms. The first kappa shape index (κ1) is 13.0. The molecule has 2 N–H and O–H groups in total. The summed E-state index contributed by atoms with van der Waals surface area (Å²) in [6, 6.07) is 5.28. The van der Waals surface area contributed by atoms with Crippen LogP contribution in [0.1, 0.15) is 4.88 Å². The number of rotatable bonds is 3. The van der Waals surface area contributed by atoms with Crippen LogP contribution in [0.3, 0.4) is 0 Å². The summed E-state index contributed by atoms with van der Waals surface area (Å²) in [6.45, 7) is 0.676. The SMILES string of the molecule is Oc1c(Cl)cc(NCc2sccc2Br)cc1Cl. The highest BCUT2D eigenvalue weighted by Gasteiger charge is 2.07. The van der Waals surface area contributed by atoms with Crippen molar-refractivity contribution < 1.29 is 5.11 Å². The number of phenols is 1. The molecule has 0 aliphatic rings. The minimum atomic E-state index is -0.0869. The van der Waals surface area contributed by atoms with Gasteiger partial charge in [-0.25, -0.2) is 0 Å².